The molecule has 2 atom stereocenters. The van der Waals surface area contributed by atoms with Crippen LogP contribution in [-0.2, 0) is 16.2 Å². The molecule has 0 aromatic heterocycles. The summed E-state index contributed by atoms with van der Waals surface area (Å²) in [6.45, 7) is 4.06. The molecule has 21 heavy (non-hydrogen) atoms. The van der Waals surface area contributed by atoms with Crippen molar-refractivity contribution in [1.29, 1.82) is 0 Å². The minimum atomic E-state index is -4.70. The number of hydrogen-bond donors (Lipinski definition) is 1. The molecule has 118 valence electrons. The van der Waals surface area contributed by atoms with Crippen molar-refractivity contribution in [3.63, 3.8) is 0 Å². The Hall–Kier alpha value is -1.12. The summed E-state index contributed by atoms with van der Waals surface area (Å²) in [5, 5.41) is 3.10. The normalized spacial score (nSPS) is 25.0. The third-order valence-electron chi connectivity index (χ3n) is 3.76. The summed E-state index contributed by atoms with van der Waals surface area (Å²) < 4.78 is 65.4. The van der Waals surface area contributed by atoms with Gasteiger partial charge in [0.2, 0.25) is 10.0 Å². The highest BCUT2D eigenvalue weighted by Gasteiger charge is 2.41. The largest absolute Gasteiger partial charge is 0.417 e. The molecule has 0 spiro atoms. The number of alkyl halides is 3. The average Bonchev–Trinajstić information content (AvgIpc) is 2.41. The SMILES string of the molecule is CC1NCCN(S(=O)(=O)c2ccccc2C(F)(F)F)C1C. The first-order valence-corrected chi connectivity index (χ1v) is 8.01. The third-order valence-corrected chi connectivity index (χ3v) is 5.80. The maximum absolute atomic E-state index is 13.0. The van der Waals surface area contributed by atoms with Crippen LogP contribution >= 0.6 is 0 Å². The molecular weight excluding hydrogens is 305 g/mol. The van der Waals surface area contributed by atoms with Crippen LogP contribution in [-0.4, -0.2) is 37.9 Å². The number of hydrogen-bond acceptors (Lipinski definition) is 3. The lowest BCUT2D eigenvalue weighted by molar-refractivity contribution is -0.139. The predicted molar refractivity (Wildman–Crippen MR) is 72.3 cm³/mol. The van der Waals surface area contributed by atoms with E-state index in [1.54, 1.807) is 6.92 Å². The number of sulfonamides is 1. The standard InChI is InChI=1S/C13H17F3N2O2S/c1-9-10(2)18(8-7-17-9)21(19,20)12-6-4-3-5-11(12)13(14,15)16/h3-6,9-10,17H,7-8H2,1-2H3. The second-order valence-corrected chi connectivity index (χ2v) is 6.95. The zero-order valence-corrected chi connectivity index (χ0v) is 12.5. The molecule has 1 aromatic carbocycles. The number of nitrogens with zero attached hydrogens (tertiary/aromatic N) is 1. The molecule has 1 aliphatic rings. The van der Waals surface area contributed by atoms with Crippen LogP contribution in [0.25, 0.3) is 0 Å². The number of nitrogens with one attached hydrogen (secondary N) is 1. The summed E-state index contributed by atoms with van der Waals surface area (Å²) in [6, 6.07) is 3.77. The summed E-state index contributed by atoms with van der Waals surface area (Å²) in [5.41, 5.74) is -1.12. The van der Waals surface area contributed by atoms with Gasteiger partial charge in [0.15, 0.2) is 0 Å². The van der Waals surface area contributed by atoms with E-state index in [1.807, 2.05) is 6.92 Å². The topological polar surface area (TPSA) is 49.4 Å². The van der Waals surface area contributed by atoms with Gasteiger partial charge in [-0.1, -0.05) is 12.1 Å². The molecule has 0 bridgehead atoms. The maximum atomic E-state index is 13.0. The van der Waals surface area contributed by atoms with Gasteiger partial charge < -0.3 is 5.32 Å². The van der Waals surface area contributed by atoms with Crippen molar-refractivity contribution in [2.75, 3.05) is 13.1 Å². The van der Waals surface area contributed by atoms with Gasteiger partial charge in [0, 0.05) is 25.2 Å². The third kappa shape index (κ3) is 3.07. The van der Waals surface area contributed by atoms with Gasteiger partial charge in [-0.25, -0.2) is 8.42 Å². The van der Waals surface area contributed by atoms with Crippen molar-refractivity contribution in [3.05, 3.63) is 29.8 Å². The van der Waals surface area contributed by atoms with Crippen molar-refractivity contribution >= 4 is 10.0 Å². The molecule has 1 saturated heterocycles. The van der Waals surface area contributed by atoms with E-state index in [4.69, 9.17) is 0 Å². The van der Waals surface area contributed by atoms with Crippen LogP contribution in [0.5, 0.6) is 0 Å². The Kier molecular flexibility index (Phi) is 4.32. The van der Waals surface area contributed by atoms with Crippen LogP contribution in [0.2, 0.25) is 0 Å². The highest BCUT2D eigenvalue weighted by Crippen LogP contribution is 2.35. The Balaban J connectivity index is 2.50. The number of benzene rings is 1. The number of halogens is 3. The van der Waals surface area contributed by atoms with E-state index in [9.17, 15) is 21.6 Å². The molecule has 1 aliphatic heterocycles. The monoisotopic (exact) mass is 322 g/mol. The molecule has 0 aliphatic carbocycles. The minimum absolute atomic E-state index is 0.119. The average molecular weight is 322 g/mol. The molecule has 2 rings (SSSR count). The van der Waals surface area contributed by atoms with E-state index >= 15 is 0 Å². The summed E-state index contributed by atoms with van der Waals surface area (Å²) in [4.78, 5) is -0.682. The molecule has 1 N–H and O–H groups in total. The Morgan fingerprint density at radius 3 is 2.48 bits per heavy atom. The van der Waals surface area contributed by atoms with Crippen molar-refractivity contribution in [3.8, 4) is 0 Å². The molecule has 8 heteroatoms. The molecule has 1 fully saturated rings. The zero-order chi connectivity index (χ0) is 15.8. The summed E-state index contributed by atoms with van der Waals surface area (Å²) in [5.74, 6) is 0. The van der Waals surface area contributed by atoms with Gasteiger partial charge in [0.1, 0.15) is 0 Å². The van der Waals surface area contributed by atoms with Crippen LogP contribution in [0.1, 0.15) is 19.4 Å². The lowest BCUT2D eigenvalue weighted by atomic mass is 10.1. The summed E-state index contributed by atoms with van der Waals surface area (Å²) in [7, 11) is -4.18. The van der Waals surface area contributed by atoms with Crippen LogP contribution in [0.15, 0.2) is 29.2 Å². The highest BCUT2D eigenvalue weighted by molar-refractivity contribution is 7.89. The molecular formula is C13H17F3N2O2S. The van der Waals surface area contributed by atoms with Crippen LogP contribution in [0.4, 0.5) is 13.2 Å². The Morgan fingerprint density at radius 2 is 1.86 bits per heavy atom. The smallest absolute Gasteiger partial charge is 0.311 e. The number of piperazine rings is 1. The molecule has 0 amide bonds. The first-order valence-electron chi connectivity index (χ1n) is 6.57. The van der Waals surface area contributed by atoms with Gasteiger partial charge in [-0.2, -0.15) is 17.5 Å². The fraction of sp³-hybridized carbons (Fsp3) is 0.538. The van der Waals surface area contributed by atoms with E-state index in [2.05, 4.69) is 5.32 Å². The van der Waals surface area contributed by atoms with Crippen molar-refractivity contribution in [2.24, 2.45) is 0 Å². The van der Waals surface area contributed by atoms with Gasteiger partial charge in [-0.05, 0) is 26.0 Å². The molecule has 0 saturated carbocycles. The lowest BCUT2D eigenvalue weighted by Gasteiger charge is -2.37. The van der Waals surface area contributed by atoms with E-state index in [1.165, 1.54) is 12.1 Å². The summed E-state index contributed by atoms with van der Waals surface area (Å²) in [6.07, 6.45) is -4.70. The maximum Gasteiger partial charge on any atom is 0.417 e. The molecule has 1 heterocycles. The molecule has 0 radical (unpaired) electrons. The Bertz CT molecular complexity index is 616. The van der Waals surface area contributed by atoms with Gasteiger partial charge >= 0.3 is 6.18 Å². The Labute approximate surface area is 122 Å². The van der Waals surface area contributed by atoms with E-state index in [0.717, 1.165) is 16.4 Å². The van der Waals surface area contributed by atoms with Crippen LogP contribution in [0.3, 0.4) is 0 Å². The van der Waals surface area contributed by atoms with Gasteiger partial charge in [-0.15, -0.1) is 0 Å². The predicted octanol–water partition coefficient (Wildman–Crippen LogP) is 2.08. The first-order chi connectivity index (χ1) is 9.65. The summed E-state index contributed by atoms with van der Waals surface area (Å²) >= 11 is 0. The fourth-order valence-corrected chi connectivity index (χ4v) is 4.33. The quantitative estimate of drug-likeness (QED) is 0.907. The van der Waals surface area contributed by atoms with E-state index < -0.39 is 32.7 Å². The first kappa shape index (κ1) is 16.3. The van der Waals surface area contributed by atoms with Crippen molar-refractivity contribution < 1.29 is 21.6 Å². The van der Waals surface area contributed by atoms with Gasteiger partial charge in [0.05, 0.1) is 10.5 Å². The lowest BCUT2D eigenvalue weighted by Crippen LogP contribution is -2.57. The van der Waals surface area contributed by atoms with Crippen molar-refractivity contribution in [2.45, 2.75) is 37.0 Å². The number of rotatable bonds is 2. The van der Waals surface area contributed by atoms with E-state index in [0.29, 0.717) is 6.54 Å². The van der Waals surface area contributed by atoms with Crippen molar-refractivity contribution in [1.82, 2.24) is 9.62 Å². The highest BCUT2D eigenvalue weighted by atomic mass is 32.2. The minimum Gasteiger partial charge on any atom is -0.311 e. The zero-order valence-electron chi connectivity index (χ0n) is 11.7. The molecule has 1 aromatic rings. The molecule has 4 nitrogen and oxygen atoms in total. The van der Waals surface area contributed by atoms with Gasteiger partial charge in [0.25, 0.3) is 0 Å². The van der Waals surface area contributed by atoms with Gasteiger partial charge in [-0.3, -0.25) is 0 Å². The Morgan fingerprint density at radius 1 is 1.24 bits per heavy atom. The van der Waals surface area contributed by atoms with Crippen LogP contribution < -0.4 is 5.32 Å². The molecule has 2 unspecified atom stereocenters. The van der Waals surface area contributed by atoms with E-state index in [-0.39, 0.29) is 12.6 Å². The second kappa shape index (κ2) is 5.58. The van der Waals surface area contributed by atoms with Crippen LogP contribution in [0, 0.1) is 0 Å². The second-order valence-electron chi connectivity index (χ2n) is 5.09. The fourth-order valence-electron chi connectivity index (χ4n) is 2.42.